The number of carbonyl (C=O) groups is 1. The maximum atomic E-state index is 10.9. The van der Waals surface area contributed by atoms with Crippen molar-refractivity contribution in [3.63, 3.8) is 0 Å². The summed E-state index contributed by atoms with van der Waals surface area (Å²) in [5.74, 6) is -1.30. The molecule has 0 aliphatic heterocycles. The summed E-state index contributed by atoms with van der Waals surface area (Å²) in [6.45, 7) is 6.06. The third-order valence-corrected chi connectivity index (χ3v) is 3.57. The predicted molar refractivity (Wildman–Crippen MR) is 72.8 cm³/mol. The van der Waals surface area contributed by atoms with Gasteiger partial charge in [-0.1, -0.05) is 6.92 Å². The summed E-state index contributed by atoms with van der Waals surface area (Å²) in [6, 6.07) is 4.17. The van der Waals surface area contributed by atoms with Gasteiger partial charge in [-0.25, -0.2) is 4.79 Å². The van der Waals surface area contributed by atoms with E-state index in [-0.39, 0.29) is 16.8 Å². The molecule has 1 rings (SSSR count). The van der Waals surface area contributed by atoms with Gasteiger partial charge in [-0.15, -0.1) is 0 Å². The van der Waals surface area contributed by atoms with Gasteiger partial charge in [0, 0.05) is 24.3 Å². The van der Waals surface area contributed by atoms with Crippen LogP contribution >= 0.6 is 0 Å². The van der Waals surface area contributed by atoms with Crippen LogP contribution in [0.1, 0.15) is 37.6 Å². The third kappa shape index (κ3) is 3.01. The molecule has 1 aromatic rings. The molecule has 0 fully saturated rings. The van der Waals surface area contributed by atoms with Gasteiger partial charge in [0.05, 0.1) is 4.92 Å². The van der Waals surface area contributed by atoms with Crippen molar-refractivity contribution in [2.75, 3.05) is 11.9 Å². The van der Waals surface area contributed by atoms with Crippen molar-refractivity contribution in [2.24, 2.45) is 0 Å². The molecule has 6 heteroatoms. The fraction of sp³-hybridized carbons (Fsp3) is 0.462. The van der Waals surface area contributed by atoms with Crippen molar-refractivity contribution in [3.8, 4) is 0 Å². The lowest BCUT2D eigenvalue weighted by Gasteiger charge is -2.36. The van der Waals surface area contributed by atoms with E-state index in [0.717, 1.165) is 6.42 Å². The van der Waals surface area contributed by atoms with Crippen molar-refractivity contribution in [3.05, 3.63) is 33.9 Å². The molecule has 0 aromatic heterocycles. The highest BCUT2D eigenvalue weighted by Gasteiger charge is 2.25. The van der Waals surface area contributed by atoms with E-state index in [2.05, 4.69) is 0 Å². The van der Waals surface area contributed by atoms with E-state index in [1.54, 1.807) is 6.07 Å². The van der Waals surface area contributed by atoms with E-state index in [4.69, 9.17) is 5.11 Å². The smallest absolute Gasteiger partial charge is 0.342 e. The van der Waals surface area contributed by atoms with E-state index >= 15 is 0 Å². The van der Waals surface area contributed by atoms with Crippen molar-refractivity contribution < 1.29 is 14.8 Å². The predicted octanol–water partition coefficient (Wildman–Crippen LogP) is 2.92. The maximum absolute atomic E-state index is 10.9. The minimum absolute atomic E-state index is 0.168. The van der Waals surface area contributed by atoms with Crippen molar-refractivity contribution in [2.45, 2.75) is 32.7 Å². The van der Waals surface area contributed by atoms with Gasteiger partial charge in [0.1, 0.15) is 5.56 Å². The zero-order chi connectivity index (χ0) is 14.8. The fourth-order valence-electron chi connectivity index (χ4n) is 1.65. The molecule has 0 aliphatic rings. The van der Waals surface area contributed by atoms with E-state index in [1.165, 1.54) is 12.1 Å². The molecule has 0 unspecified atom stereocenters. The van der Waals surface area contributed by atoms with Crippen LogP contribution in [-0.2, 0) is 0 Å². The van der Waals surface area contributed by atoms with Crippen LogP contribution in [0.25, 0.3) is 0 Å². The molecule has 0 bridgehead atoms. The number of benzene rings is 1. The highest BCUT2D eigenvalue weighted by molar-refractivity contribution is 5.93. The number of nitro benzene ring substituents is 1. The molecule has 1 aromatic carbocycles. The van der Waals surface area contributed by atoms with E-state index in [9.17, 15) is 14.9 Å². The summed E-state index contributed by atoms with van der Waals surface area (Å²) in [5, 5.41) is 19.9. The Balaban J connectivity index is 3.30. The zero-order valence-electron chi connectivity index (χ0n) is 11.5. The molecule has 0 aliphatic carbocycles. The Bertz CT molecular complexity index is 511. The lowest BCUT2D eigenvalue weighted by Crippen LogP contribution is -2.40. The molecule has 0 amide bonds. The minimum atomic E-state index is -1.30. The number of aromatic carboxylic acids is 1. The number of carboxylic acid groups (broad SMARTS) is 1. The zero-order valence-corrected chi connectivity index (χ0v) is 11.5. The molecule has 19 heavy (non-hydrogen) atoms. The van der Waals surface area contributed by atoms with Gasteiger partial charge in [0.25, 0.3) is 5.69 Å². The molecular formula is C13H18N2O4. The lowest BCUT2D eigenvalue weighted by molar-refractivity contribution is -0.385. The van der Waals surface area contributed by atoms with Crippen molar-refractivity contribution >= 4 is 17.3 Å². The Kier molecular flexibility index (Phi) is 4.14. The van der Waals surface area contributed by atoms with Gasteiger partial charge in [0.15, 0.2) is 0 Å². The number of anilines is 1. The first-order valence-electron chi connectivity index (χ1n) is 5.96. The van der Waals surface area contributed by atoms with Crippen LogP contribution in [0.4, 0.5) is 11.4 Å². The van der Waals surface area contributed by atoms with Gasteiger partial charge < -0.3 is 10.0 Å². The SMILES string of the molecule is CCC(C)(C)N(C)c1ccc(C(=O)O)c([N+](=O)[O-])c1. The summed E-state index contributed by atoms with van der Waals surface area (Å²) in [5.41, 5.74) is -0.220. The number of rotatable bonds is 5. The molecule has 0 spiro atoms. The molecule has 0 radical (unpaired) electrons. The Morgan fingerprint density at radius 1 is 1.47 bits per heavy atom. The Hall–Kier alpha value is -2.11. The van der Waals surface area contributed by atoms with E-state index < -0.39 is 10.9 Å². The highest BCUT2D eigenvalue weighted by Crippen LogP contribution is 2.30. The number of nitro groups is 1. The van der Waals surface area contributed by atoms with Gasteiger partial charge in [-0.2, -0.15) is 0 Å². The summed E-state index contributed by atoms with van der Waals surface area (Å²) in [6.07, 6.45) is 0.859. The second kappa shape index (κ2) is 5.26. The summed E-state index contributed by atoms with van der Waals surface area (Å²) >= 11 is 0. The molecule has 1 N–H and O–H groups in total. The van der Waals surface area contributed by atoms with Crippen LogP contribution in [0.2, 0.25) is 0 Å². The van der Waals surface area contributed by atoms with Crippen molar-refractivity contribution in [1.82, 2.24) is 0 Å². The van der Waals surface area contributed by atoms with Gasteiger partial charge >= 0.3 is 5.97 Å². The fourth-order valence-corrected chi connectivity index (χ4v) is 1.65. The maximum Gasteiger partial charge on any atom is 0.342 e. The molecule has 0 atom stereocenters. The quantitative estimate of drug-likeness (QED) is 0.654. The first-order chi connectivity index (χ1) is 8.70. The molecule has 0 saturated heterocycles. The van der Waals surface area contributed by atoms with Crippen LogP contribution in [0, 0.1) is 10.1 Å². The third-order valence-electron chi connectivity index (χ3n) is 3.57. The largest absolute Gasteiger partial charge is 0.477 e. The van der Waals surface area contributed by atoms with E-state index in [0.29, 0.717) is 5.69 Å². The Morgan fingerprint density at radius 3 is 2.47 bits per heavy atom. The number of nitrogens with zero attached hydrogens (tertiary/aromatic N) is 2. The molecule has 6 nitrogen and oxygen atoms in total. The summed E-state index contributed by atoms with van der Waals surface area (Å²) < 4.78 is 0. The number of carboxylic acids is 1. The molecule has 0 heterocycles. The monoisotopic (exact) mass is 266 g/mol. The minimum Gasteiger partial charge on any atom is -0.477 e. The second-order valence-corrected chi connectivity index (χ2v) is 4.99. The first kappa shape index (κ1) is 14.9. The summed E-state index contributed by atoms with van der Waals surface area (Å²) in [7, 11) is 1.84. The lowest BCUT2D eigenvalue weighted by atomic mass is 9.98. The van der Waals surface area contributed by atoms with Gasteiger partial charge in [0.2, 0.25) is 0 Å². The summed E-state index contributed by atoms with van der Waals surface area (Å²) in [4.78, 5) is 23.1. The number of hydrogen-bond donors (Lipinski definition) is 1. The average Bonchev–Trinajstić information content (AvgIpc) is 2.36. The van der Waals surface area contributed by atoms with Crippen LogP contribution in [0.3, 0.4) is 0 Å². The normalized spacial score (nSPS) is 11.2. The van der Waals surface area contributed by atoms with Crippen LogP contribution in [0.5, 0.6) is 0 Å². The first-order valence-corrected chi connectivity index (χ1v) is 5.96. The van der Waals surface area contributed by atoms with Crippen molar-refractivity contribution in [1.29, 1.82) is 0 Å². The van der Waals surface area contributed by atoms with Crippen LogP contribution in [0.15, 0.2) is 18.2 Å². The van der Waals surface area contributed by atoms with Gasteiger partial charge in [-0.05, 0) is 32.4 Å². The second-order valence-electron chi connectivity index (χ2n) is 4.99. The molecule has 104 valence electrons. The van der Waals surface area contributed by atoms with Crippen LogP contribution < -0.4 is 4.90 Å². The molecular weight excluding hydrogens is 248 g/mol. The van der Waals surface area contributed by atoms with Crippen LogP contribution in [-0.4, -0.2) is 28.6 Å². The number of hydrogen-bond acceptors (Lipinski definition) is 4. The Morgan fingerprint density at radius 2 is 2.05 bits per heavy atom. The highest BCUT2D eigenvalue weighted by atomic mass is 16.6. The standard InChI is InChI=1S/C13H18N2O4/c1-5-13(2,3)14(4)9-6-7-10(12(16)17)11(8-9)15(18)19/h6-8H,5H2,1-4H3,(H,16,17). The Labute approximate surface area is 111 Å². The average molecular weight is 266 g/mol. The topological polar surface area (TPSA) is 83.7 Å². The molecule has 0 saturated carbocycles. The van der Waals surface area contributed by atoms with Gasteiger partial charge in [-0.3, -0.25) is 10.1 Å². The van der Waals surface area contributed by atoms with E-state index in [1.807, 2.05) is 32.7 Å².